The van der Waals surface area contributed by atoms with E-state index in [1.165, 1.54) is 12.1 Å². The zero-order valence-electron chi connectivity index (χ0n) is 20.4. The minimum absolute atomic E-state index is 0.00241. The maximum absolute atomic E-state index is 12.3. The van der Waals surface area contributed by atoms with Gasteiger partial charge in [0.15, 0.2) is 18.2 Å². The number of allylic oxidation sites excluding steroid dienone is 2. The van der Waals surface area contributed by atoms with Crippen molar-refractivity contribution in [1.82, 2.24) is 24.7 Å². The van der Waals surface area contributed by atoms with Gasteiger partial charge in [0.05, 0.1) is 17.1 Å². The van der Waals surface area contributed by atoms with Crippen LogP contribution >= 0.6 is 0 Å². The highest BCUT2D eigenvalue weighted by molar-refractivity contribution is 5.95. The fraction of sp³-hybridized carbons (Fsp3) is 0.200. The molecular formula is C25H23F2N9O2. The van der Waals surface area contributed by atoms with E-state index in [4.69, 9.17) is 15.7 Å². The lowest BCUT2D eigenvalue weighted by Crippen LogP contribution is -2.08. The van der Waals surface area contributed by atoms with Gasteiger partial charge >= 0.3 is 0 Å². The number of pyridine rings is 1. The van der Waals surface area contributed by atoms with Crippen molar-refractivity contribution < 1.29 is 18.6 Å². The maximum atomic E-state index is 12.3. The highest BCUT2D eigenvalue weighted by Gasteiger charge is 2.14. The quantitative estimate of drug-likeness (QED) is 0.218. The standard InChI is InChI=1S/C25H23F2N9O2/c1-14(9-16(29)11-28)31-25-18(15(2)37)4-7-23(33-25)36-13-30-19-10-17(3-5-20(19)36)32-22-6-8-24(35-34-22)38-12-21(26)27/h3-10,13,15,21,37H,12,29H2,1-2H3,(H,32,34)/b16-9-,31-14+. The molecule has 11 nitrogen and oxygen atoms in total. The number of halogens is 2. The van der Waals surface area contributed by atoms with Gasteiger partial charge in [-0.05, 0) is 56.3 Å². The number of aliphatic hydroxyl groups is 1. The van der Waals surface area contributed by atoms with E-state index in [2.05, 4.69) is 30.5 Å². The van der Waals surface area contributed by atoms with Crippen LogP contribution in [0.15, 0.2) is 65.6 Å². The van der Waals surface area contributed by atoms with Crippen molar-refractivity contribution in [3.05, 3.63) is 66.1 Å². The summed E-state index contributed by atoms with van der Waals surface area (Å²) in [6.07, 6.45) is -0.374. The summed E-state index contributed by atoms with van der Waals surface area (Å²) in [5.74, 6) is 1.21. The fourth-order valence-corrected chi connectivity index (χ4v) is 3.49. The summed E-state index contributed by atoms with van der Waals surface area (Å²) >= 11 is 0. The van der Waals surface area contributed by atoms with E-state index >= 15 is 0 Å². The summed E-state index contributed by atoms with van der Waals surface area (Å²) in [5.41, 5.74) is 8.65. The van der Waals surface area contributed by atoms with Crippen molar-refractivity contribution in [1.29, 1.82) is 5.26 Å². The molecule has 4 N–H and O–H groups in total. The van der Waals surface area contributed by atoms with Crippen LogP contribution in [0.4, 0.5) is 26.1 Å². The molecule has 1 unspecified atom stereocenters. The second kappa shape index (κ2) is 11.4. The van der Waals surface area contributed by atoms with Gasteiger partial charge in [0.2, 0.25) is 5.88 Å². The Bertz CT molecular complexity index is 1540. The third-order valence-electron chi connectivity index (χ3n) is 5.18. The fourth-order valence-electron chi connectivity index (χ4n) is 3.49. The molecule has 0 aliphatic carbocycles. The number of anilines is 2. The average Bonchev–Trinajstić information content (AvgIpc) is 3.31. The number of nitrogens with two attached hydrogens (primary N) is 1. The third-order valence-corrected chi connectivity index (χ3v) is 5.18. The predicted octanol–water partition coefficient (Wildman–Crippen LogP) is 4.11. The Morgan fingerprint density at radius 2 is 2.08 bits per heavy atom. The molecule has 1 aromatic carbocycles. The SMILES string of the molecule is CC(/C=C(\N)C#N)=N\c1nc(-n2cnc3cc(Nc4ccc(OCC(F)F)nn4)ccc32)ccc1C(C)O. The number of aliphatic imine (C=N–C) groups is 1. The molecule has 0 bridgehead atoms. The van der Waals surface area contributed by atoms with Gasteiger partial charge in [-0.25, -0.2) is 23.7 Å². The van der Waals surface area contributed by atoms with E-state index in [9.17, 15) is 13.9 Å². The molecule has 38 heavy (non-hydrogen) atoms. The molecule has 0 saturated heterocycles. The van der Waals surface area contributed by atoms with Crippen molar-refractivity contribution in [3.63, 3.8) is 0 Å². The number of hydrogen-bond donors (Lipinski definition) is 3. The summed E-state index contributed by atoms with van der Waals surface area (Å²) in [7, 11) is 0. The number of fused-ring (bicyclic) bond motifs is 1. The number of benzene rings is 1. The van der Waals surface area contributed by atoms with Gasteiger partial charge in [-0.15, -0.1) is 10.2 Å². The zero-order chi connectivity index (χ0) is 27.2. The molecule has 0 spiro atoms. The van der Waals surface area contributed by atoms with Crippen LogP contribution in [0.25, 0.3) is 16.9 Å². The van der Waals surface area contributed by atoms with Crippen molar-refractivity contribution >= 4 is 34.1 Å². The van der Waals surface area contributed by atoms with Crippen LogP contribution < -0.4 is 15.8 Å². The molecule has 0 aliphatic rings. The van der Waals surface area contributed by atoms with Crippen LogP contribution in [-0.4, -0.2) is 48.6 Å². The van der Waals surface area contributed by atoms with Crippen LogP contribution in [0.5, 0.6) is 5.88 Å². The van der Waals surface area contributed by atoms with Crippen LogP contribution in [0.1, 0.15) is 25.5 Å². The van der Waals surface area contributed by atoms with Crippen LogP contribution in [0.2, 0.25) is 0 Å². The van der Waals surface area contributed by atoms with Crippen molar-refractivity contribution in [3.8, 4) is 17.8 Å². The van der Waals surface area contributed by atoms with Gasteiger partial charge < -0.3 is 20.9 Å². The molecule has 3 heterocycles. The first-order valence-corrected chi connectivity index (χ1v) is 11.3. The second-order valence-corrected chi connectivity index (χ2v) is 8.12. The summed E-state index contributed by atoms with van der Waals surface area (Å²) in [5, 5.41) is 29.9. The summed E-state index contributed by atoms with van der Waals surface area (Å²) in [6, 6.07) is 13.8. The first-order chi connectivity index (χ1) is 18.2. The number of aromatic nitrogens is 5. The second-order valence-electron chi connectivity index (χ2n) is 8.12. The highest BCUT2D eigenvalue weighted by atomic mass is 19.3. The zero-order valence-corrected chi connectivity index (χ0v) is 20.4. The topological polar surface area (TPSA) is 160 Å². The van der Waals surface area contributed by atoms with E-state index in [-0.39, 0.29) is 17.4 Å². The van der Waals surface area contributed by atoms with Crippen LogP contribution in [0.3, 0.4) is 0 Å². The van der Waals surface area contributed by atoms with Gasteiger partial charge in [0, 0.05) is 23.0 Å². The Kier molecular flexibility index (Phi) is 7.83. The van der Waals surface area contributed by atoms with E-state index in [0.717, 1.165) is 5.52 Å². The lowest BCUT2D eigenvalue weighted by Gasteiger charge is -2.11. The smallest absolute Gasteiger partial charge is 0.272 e. The lowest BCUT2D eigenvalue weighted by atomic mass is 10.1. The molecule has 0 fully saturated rings. The van der Waals surface area contributed by atoms with Crippen LogP contribution in [0, 0.1) is 11.3 Å². The summed E-state index contributed by atoms with van der Waals surface area (Å²) in [6.45, 7) is 2.54. The minimum Gasteiger partial charge on any atom is -0.471 e. The van der Waals surface area contributed by atoms with Gasteiger partial charge in [-0.2, -0.15) is 5.26 Å². The van der Waals surface area contributed by atoms with Crippen LogP contribution in [-0.2, 0) is 0 Å². The number of rotatable bonds is 9. The van der Waals surface area contributed by atoms with E-state index < -0.39 is 19.1 Å². The normalized spacial score (nSPS) is 13.0. The van der Waals surface area contributed by atoms with E-state index in [1.54, 1.807) is 49.0 Å². The van der Waals surface area contributed by atoms with Crippen molar-refractivity contribution in [2.24, 2.45) is 10.7 Å². The Morgan fingerprint density at radius 1 is 1.26 bits per heavy atom. The Balaban J connectivity index is 1.60. The number of nitriles is 1. The molecule has 0 radical (unpaired) electrons. The lowest BCUT2D eigenvalue weighted by molar-refractivity contribution is 0.0791. The summed E-state index contributed by atoms with van der Waals surface area (Å²) in [4.78, 5) is 13.5. The van der Waals surface area contributed by atoms with Gasteiger partial charge in [-0.3, -0.25) is 4.57 Å². The molecule has 13 heteroatoms. The average molecular weight is 520 g/mol. The largest absolute Gasteiger partial charge is 0.471 e. The van der Waals surface area contributed by atoms with Gasteiger partial charge in [-0.1, -0.05) is 0 Å². The molecule has 4 aromatic rings. The minimum atomic E-state index is -2.60. The Labute approximate surface area is 216 Å². The number of nitrogens with one attached hydrogen (secondary N) is 1. The first kappa shape index (κ1) is 26.1. The van der Waals surface area contributed by atoms with Crippen molar-refractivity contribution in [2.45, 2.75) is 26.4 Å². The number of nitrogens with zero attached hydrogens (tertiary/aromatic N) is 7. The first-order valence-electron chi connectivity index (χ1n) is 11.3. The van der Waals surface area contributed by atoms with Gasteiger partial charge in [0.25, 0.3) is 6.43 Å². The van der Waals surface area contributed by atoms with Gasteiger partial charge in [0.1, 0.15) is 23.9 Å². The number of imidazole rings is 1. The van der Waals surface area contributed by atoms with E-state index in [0.29, 0.717) is 34.1 Å². The monoisotopic (exact) mass is 519 g/mol. The number of aliphatic hydroxyl groups excluding tert-OH is 1. The molecule has 194 valence electrons. The Morgan fingerprint density at radius 3 is 2.76 bits per heavy atom. The molecule has 3 aromatic heterocycles. The number of ether oxygens (including phenoxy) is 1. The predicted molar refractivity (Wildman–Crippen MR) is 137 cm³/mol. The van der Waals surface area contributed by atoms with E-state index in [1.807, 2.05) is 18.2 Å². The molecule has 4 rings (SSSR count). The molecular weight excluding hydrogens is 496 g/mol. The highest BCUT2D eigenvalue weighted by Crippen LogP contribution is 2.28. The van der Waals surface area contributed by atoms with Crippen molar-refractivity contribution in [2.75, 3.05) is 11.9 Å². The molecule has 0 amide bonds. The molecule has 1 atom stereocenters. The summed E-state index contributed by atoms with van der Waals surface area (Å²) < 4.78 is 31.1. The number of hydrogen-bond acceptors (Lipinski definition) is 10. The third kappa shape index (κ3) is 6.23. The number of alkyl halides is 2. The molecule has 0 saturated carbocycles. The molecule has 0 aliphatic heterocycles. The maximum Gasteiger partial charge on any atom is 0.272 e. The Hall–Kier alpha value is -4.96.